The summed E-state index contributed by atoms with van der Waals surface area (Å²) in [6, 6.07) is 3.94. The highest BCUT2D eigenvalue weighted by molar-refractivity contribution is 9.10. The van der Waals surface area contributed by atoms with Gasteiger partial charge in [-0.1, -0.05) is 15.9 Å². The number of nitrogen functional groups attached to an aromatic ring is 1. The summed E-state index contributed by atoms with van der Waals surface area (Å²) in [4.78, 5) is 7.14. The molecule has 0 aliphatic rings. The summed E-state index contributed by atoms with van der Waals surface area (Å²) >= 11 is 3.43. The third kappa shape index (κ3) is 0.992. The fourth-order valence-corrected chi connectivity index (χ4v) is 1.53. The van der Waals surface area contributed by atoms with E-state index in [-0.39, 0.29) is 0 Å². The lowest BCUT2D eigenvalue weighted by molar-refractivity contribution is 1.34. The Bertz CT molecular complexity index is 433. The van der Waals surface area contributed by atoms with Crippen LogP contribution >= 0.6 is 15.9 Å². The van der Waals surface area contributed by atoms with E-state index in [1.54, 1.807) is 0 Å². The number of nitrogens with one attached hydrogen (secondary N) is 1. The van der Waals surface area contributed by atoms with Gasteiger partial charge in [0.05, 0.1) is 11.0 Å². The van der Waals surface area contributed by atoms with E-state index < -0.39 is 0 Å². The number of imidazole rings is 1. The number of aryl methyl sites for hydroxylation is 1. The number of fused-ring (bicyclic) bond motifs is 1. The Balaban J connectivity index is 2.89. The van der Waals surface area contributed by atoms with Crippen molar-refractivity contribution in [2.75, 3.05) is 5.73 Å². The fourth-order valence-electron chi connectivity index (χ4n) is 1.21. The number of rotatable bonds is 0. The predicted octanol–water partition coefficient (Wildman–Crippen LogP) is 2.22. The van der Waals surface area contributed by atoms with Crippen LogP contribution in [0.15, 0.2) is 16.6 Å². The molecule has 0 aliphatic carbocycles. The maximum absolute atomic E-state index is 5.53. The number of hydrogen-bond donors (Lipinski definition) is 2. The van der Waals surface area contributed by atoms with Crippen molar-refractivity contribution >= 4 is 32.9 Å². The molecule has 0 saturated carbocycles. The first-order chi connectivity index (χ1) is 5.68. The highest BCUT2D eigenvalue weighted by Crippen LogP contribution is 2.24. The summed E-state index contributed by atoms with van der Waals surface area (Å²) in [5, 5.41) is 0. The highest BCUT2D eigenvalue weighted by atomic mass is 79.9. The van der Waals surface area contributed by atoms with E-state index in [1.807, 2.05) is 19.1 Å². The van der Waals surface area contributed by atoms with Gasteiger partial charge < -0.3 is 10.7 Å². The molecule has 0 bridgehead atoms. The minimum atomic E-state index is 0.464. The molecule has 0 fully saturated rings. The van der Waals surface area contributed by atoms with Crippen molar-refractivity contribution in [3.05, 3.63) is 22.2 Å². The molecule has 0 aliphatic heterocycles. The minimum Gasteiger partial charge on any atom is -0.369 e. The number of benzene rings is 1. The Labute approximate surface area is 78.1 Å². The van der Waals surface area contributed by atoms with Gasteiger partial charge in [-0.3, -0.25) is 0 Å². The van der Waals surface area contributed by atoms with Gasteiger partial charge in [-0.2, -0.15) is 0 Å². The lowest BCUT2D eigenvalue weighted by atomic mass is 10.2. The largest absolute Gasteiger partial charge is 0.369 e. The maximum atomic E-state index is 5.53. The Morgan fingerprint density at radius 3 is 3.00 bits per heavy atom. The Morgan fingerprint density at radius 1 is 1.50 bits per heavy atom. The molecule has 0 saturated heterocycles. The van der Waals surface area contributed by atoms with Gasteiger partial charge in [0, 0.05) is 4.47 Å². The molecule has 0 radical (unpaired) electrons. The van der Waals surface area contributed by atoms with Crippen molar-refractivity contribution in [3.8, 4) is 0 Å². The van der Waals surface area contributed by atoms with Crippen LogP contribution in [0.5, 0.6) is 0 Å². The first-order valence-corrected chi connectivity index (χ1v) is 4.38. The molecule has 2 rings (SSSR count). The molecular formula is C8H8BrN3. The normalized spacial score (nSPS) is 10.8. The van der Waals surface area contributed by atoms with Gasteiger partial charge in [-0.05, 0) is 24.6 Å². The van der Waals surface area contributed by atoms with Gasteiger partial charge in [0.1, 0.15) is 0 Å². The number of nitrogens with zero attached hydrogens (tertiary/aromatic N) is 1. The van der Waals surface area contributed by atoms with E-state index in [9.17, 15) is 0 Å². The van der Waals surface area contributed by atoms with Crippen LogP contribution in [0.2, 0.25) is 0 Å². The molecule has 0 amide bonds. The van der Waals surface area contributed by atoms with Crippen molar-refractivity contribution in [3.63, 3.8) is 0 Å². The fraction of sp³-hybridized carbons (Fsp3) is 0.125. The van der Waals surface area contributed by atoms with Crippen molar-refractivity contribution in [2.24, 2.45) is 0 Å². The van der Waals surface area contributed by atoms with Crippen LogP contribution < -0.4 is 5.73 Å². The first kappa shape index (κ1) is 7.61. The molecule has 3 N–H and O–H groups in total. The Hall–Kier alpha value is -1.03. The van der Waals surface area contributed by atoms with Gasteiger partial charge in [-0.25, -0.2) is 4.98 Å². The zero-order valence-electron chi connectivity index (χ0n) is 6.56. The molecule has 3 nitrogen and oxygen atoms in total. The Morgan fingerprint density at radius 2 is 2.25 bits per heavy atom. The van der Waals surface area contributed by atoms with E-state index in [1.165, 1.54) is 0 Å². The van der Waals surface area contributed by atoms with Gasteiger partial charge in [0.25, 0.3) is 0 Å². The molecule has 1 aromatic heterocycles. The standard InChI is InChI=1S/C8H8BrN3/c1-4-5(9)2-3-6-7(4)12-8(10)11-6/h2-3H,1H3,(H3,10,11,12). The van der Waals surface area contributed by atoms with E-state index in [4.69, 9.17) is 5.73 Å². The van der Waals surface area contributed by atoms with E-state index in [0.717, 1.165) is 21.1 Å². The molecule has 4 heteroatoms. The average molecular weight is 226 g/mol. The summed E-state index contributed by atoms with van der Waals surface area (Å²) in [6.45, 7) is 2.01. The van der Waals surface area contributed by atoms with Crippen molar-refractivity contribution in [1.29, 1.82) is 0 Å². The van der Waals surface area contributed by atoms with Crippen LogP contribution in [0, 0.1) is 6.92 Å². The van der Waals surface area contributed by atoms with E-state index >= 15 is 0 Å². The van der Waals surface area contributed by atoms with Crippen molar-refractivity contribution in [2.45, 2.75) is 6.92 Å². The van der Waals surface area contributed by atoms with E-state index in [0.29, 0.717) is 5.95 Å². The molecule has 0 unspecified atom stereocenters. The number of anilines is 1. The number of nitrogens with two attached hydrogens (primary N) is 1. The second-order valence-electron chi connectivity index (χ2n) is 2.69. The molecule has 0 atom stereocenters. The van der Waals surface area contributed by atoms with Crippen LogP contribution in [0.1, 0.15) is 5.56 Å². The zero-order valence-corrected chi connectivity index (χ0v) is 8.14. The zero-order chi connectivity index (χ0) is 8.72. The highest BCUT2D eigenvalue weighted by Gasteiger charge is 2.04. The average Bonchev–Trinajstić information content (AvgIpc) is 2.39. The van der Waals surface area contributed by atoms with E-state index in [2.05, 4.69) is 25.9 Å². The third-order valence-electron chi connectivity index (χ3n) is 1.86. The van der Waals surface area contributed by atoms with Gasteiger partial charge in [-0.15, -0.1) is 0 Å². The summed E-state index contributed by atoms with van der Waals surface area (Å²) in [7, 11) is 0. The lowest BCUT2D eigenvalue weighted by Gasteiger charge is -1.96. The van der Waals surface area contributed by atoms with Crippen LogP contribution in [0.25, 0.3) is 11.0 Å². The topological polar surface area (TPSA) is 54.7 Å². The SMILES string of the molecule is Cc1c(Br)ccc2[nH]c(N)nc12. The summed E-state index contributed by atoms with van der Waals surface area (Å²) in [5.74, 6) is 0.464. The van der Waals surface area contributed by atoms with Crippen LogP contribution in [0.4, 0.5) is 5.95 Å². The molecule has 2 aromatic rings. The summed E-state index contributed by atoms with van der Waals surface area (Å²) in [6.07, 6.45) is 0. The minimum absolute atomic E-state index is 0.464. The molecular weight excluding hydrogens is 218 g/mol. The van der Waals surface area contributed by atoms with Crippen LogP contribution in [-0.2, 0) is 0 Å². The van der Waals surface area contributed by atoms with Gasteiger partial charge >= 0.3 is 0 Å². The lowest BCUT2D eigenvalue weighted by Crippen LogP contribution is -1.84. The number of H-pyrrole nitrogens is 1. The number of halogens is 1. The summed E-state index contributed by atoms with van der Waals surface area (Å²) in [5.41, 5.74) is 8.55. The molecule has 1 aromatic carbocycles. The van der Waals surface area contributed by atoms with Crippen molar-refractivity contribution in [1.82, 2.24) is 9.97 Å². The van der Waals surface area contributed by atoms with Crippen molar-refractivity contribution < 1.29 is 0 Å². The van der Waals surface area contributed by atoms with Crippen LogP contribution in [0.3, 0.4) is 0 Å². The molecule has 0 spiro atoms. The number of hydrogen-bond acceptors (Lipinski definition) is 2. The van der Waals surface area contributed by atoms with Gasteiger partial charge in [0.2, 0.25) is 0 Å². The molecule has 62 valence electrons. The quantitative estimate of drug-likeness (QED) is 0.723. The smallest absolute Gasteiger partial charge is 0.198 e. The summed E-state index contributed by atoms with van der Waals surface area (Å²) < 4.78 is 1.06. The Kier molecular flexibility index (Phi) is 1.58. The van der Waals surface area contributed by atoms with Crippen LogP contribution in [-0.4, -0.2) is 9.97 Å². The first-order valence-electron chi connectivity index (χ1n) is 3.59. The molecule has 1 heterocycles. The third-order valence-corrected chi connectivity index (χ3v) is 2.72. The second kappa shape index (κ2) is 2.48. The molecule has 12 heavy (non-hydrogen) atoms. The maximum Gasteiger partial charge on any atom is 0.198 e. The number of aromatic nitrogens is 2. The predicted molar refractivity (Wildman–Crippen MR) is 52.9 cm³/mol. The second-order valence-corrected chi connectivity index (χ2v) is 3.54. The monoisotopic (exact) mass is 225 g/mol. The number of aromatic amines is 1. The van der Waals surface area contributed by atoms with Gasteiger partial charge in [0.15, 0.2) is 5.95 Å².